The third-order valence-corrected chi connectivity index (χ3v) is 3.89. The van der Waals surface area contributed by atoms with E-state index in [0.717, 1.165) is 38.0 Å². The molecule has 0 bridgehead atoms. The summed E-state index contributed by atoms with van der Waals surface area (Å²) in [4.78, 5) is 13.0. The molecule has 1 fully saturated rings. The average molecular weight is 284 g/mol. The SMILES string of the molecule is O=C(O)CC1CCN(Cc2ccc(O)c(Cl)c2)CC1. The largest absolute Gasteiger partial charge is 0.506 e. The van der Waals surface area contributed by atoms with E-state index in [1.807, 2.05) is 6.07 Å². The van der Waals surface area contributed by atoms with Crippen LogP contribution in [0.25, 0.3) is 0 Å². The Morgan fingerprint density at radius 2 is 2.05 bits per heavy atom. The van der Waals surface area contributed by atoms with Crippen LogP contribution < -0.4 is 0 Å². The van der Waals surface area contributed by atoms with Gasteiger partial charge in [-0.1, -0.05) is 17.7 Å². The van der Waals surface area contributed by atoms with Crippen LogP contribution in [0.5, 0.6) is 5.75 Å². The van der Waals surface area contributed by atoms with Crippen molar-refractivity contribution >= 4 is 17.6 Å². The number of carboxylic acid groups (broad SMARTS) is 1. The zero-order valence-corrected chi connectivity index (χ0v) is 11.4. The molecule has 1 heterocycles. The van der Waals surface area contributed by atoms with Crippen molar-refractivity contribution in [2.75, 3.05) is 13.1 Å². The molecule has 104 valence electrons. The third kappa shape index (κ3) is 4.11. The van der Waals surface area contributed by atoms with Crippen LogP contribution in [0.2, 0.25) is 5.02 Å². The number of benzene rings is 1. The second kappa shape index (κ2) is 6.26. The van der Waals surface area contributed by atoms with Gasteiger partial charge in [0.2, 0.25) is 0 Å². The molecule has 0 amide bonds. The summed E-state index contributed by atoms with van der Waals surface area (Å²) in [6.07, 6.45) is 2.13. The first-order chi connectivity index (χ1) is 9.04. The number of aliphatic carboxylic acids is 1. The molecule has 2 rings (SSSR count). The Labute approximate surface area is 117 Å². The zero-order chi connectivity index (χ0) is 13.8. The molecule has 0 saturated carbocycles. The predicted molar refractivity (Wildman–Crippen MR) is 73.4 cm³/mol. The lowest BCUT2D eigenvalue weighted by molar-refractivity contribution is -0.138. The van der Waals surface area contributed by atoms with Gasteiger partial charge in [-0.2, -0.15) is 0 Å². The van der Waals surface area contributed by atoms with E-state index in [9.17, 15) is 9.90 Å². The maximum Gasteiger partial charge on any atom is 0.303 e. The molecule has 0 aliphatic carbocycles. The molecule has 2 N–H and O–H groups in total. The highest BCUT2D eigenvalue weighted by Crippen LogP contribution is 2.26. The third-order valence-electron chi connectivity index (χ3n) is 3.59. The molecule has 1 aromatic rings. The van der Waals surface area contributed by atoms with E-state index in [0.29, 0.717) is 10.9 Å². The average Bonchev–Trinajstić information content (AvgIpc) is 2.36. The van der Waals surface area contributed by atoms with Crippen LogP contribution in [0.3, 0.4) is 0 Å². The minimum atomic E-state index is -0.705. The van der Waals surface area contributed by atoms with E-state index in [2.05, 4.69) is 4.90 Å². The number of likely N-dealkylation sites (tertiary alicyclic amines) is 1. The highest BCUT2D eigenvalue weighted by Gasteiger charge is 2.21. The van der Waals surface area contributed by atoms with Gasteiger partial charge in [0, 0.05) is 13.0 Å². The van der Waals surface area contributed by atoms with Gasteiger partial charge >= 0.3 is 5.97 Å². The number of rotatable bonds is 4. The standard InChI is InChI=1S/C14H18ClNO3/c15-12-7-11(1-2-13(12)17)9-16-5-3-10(4-6-16)8-14(18)19/h1-2,7,10,17H,3-6,8-9H2,(H,18,19). The van der Waals surface area contributed by atoms with Crippen molar-refractivity contribution in [2.24, 2.45) is 5.92 Å². The fraction of sp³-hybridized carbons (Fsp3) is 0.500. The number of hydrogen-bond donors (Lipinski definition) is 2. The summed E-state index contributed by atoms with van der Waals surface area (Å²) >= 11 is 5.88. The van der Waals surface area contributed by atoms with E-state index in [1.165, 1.54) is 0 Å². The van der Waals surface area contributed by atoms with E-state index < -0.39 is 5.97 Å². The molecular formula is C14H18ClNO3. The Balaban J connectivity index is 1.85. The second-order valence-corrected chi connectivity index (χ2v) is 5.51. The van der Waals surface area contributed by atoms with Gasteiger partial charge in [-0.3, -0.25) is 9.69 Å². The topological polar surface area (TPSA) is 60.8 Å². The Hall–Kier alpha value is -1.26. The predicted octanol–water partition coefficient (Wildman–Crippen LogP) is 2.73. The molecule has 4 nitrogen and oxygen atoms in total. The zero-order valence-electron chi connectivity index (χ0n) is 10.7. The summed E-state index contributed by atoms with van der Waals surface area (Å²) in [5.41, 5.74) is 1.07. The molecule has 19 heavy (non-hydrogen) atoms. The summed E-state index contributed by atoms with van der Waals surface area (Å²) in [6, 6.07) is 5.25. The molecule has 5 heteroatoms. The molecular weight excluding hydrogens is 266 g/mol. The van der Waals surface area contributed by atoms with Crippen LogP contribution in [-0.2, 0) is 11.3 Å². The maximum absolute atomic E-state index is 10.7. The molecule has 1 aliphatic rings. The van der Waals surface area contributed by atoms with E-state index in [-0.39, 0.29) is 12.2 Å². The van der Waals surface area contributed by atoms with Crippen LogP contribution in [0, 0.1) is 5.92 Å². The first-order valence-corrected chi connectivity index (χ1v) is 6.84. The van der Waals surface area contributed by atoms with Gasteiger partial charge < -0.3 is 10.2 Å². The summed E-state index contributed by atoms with van der Waals surface area (Å²) in [7, 11) is 0. The highest BCUT2D eigenvalue weighted by atomic mass is 35.5. The van der Waals surface area contributed by atoms with Crippen molar-refractivity contribution in [1.29, 1.82) is 0 Å². The Morgan fingerprint density at radius 1 is 1.37 bits per heavy atom. The molecule has 1 aromatic carbocycles. The van der Waals surface area contributed by atoms with Crippen molar-refractivity contribution in [1.82, 2.24) is 4.90 Å². The fourth-order valence-corrected chi connectivity index (χ4v) is 2.71. The van der Waals surface area contributed by atoms with Crippen LogP contribution in [0.15, 0.2) is 18.2 Å². The Morgan fingerprint density at radius 3 is 2.63 bits per heavy atom. The summed E-state index contributed by atoms with van der Waals surface area (Å²) in [6.45, 7) is 2.62. The van der Waals surface area contributed by atoms with Gasteiger partial charge in [0.25, 0.3) is 0 Å². The van der Waals surface area contributed by atoms with Crippen molar-refractivity contribution in [2.45, 2.75) is 25.8 Å². The number of nitrogens with zero attached hydrogens (tertiary/aromatic N) is 1. The van der Waals surface area contributed by atoms with Crippen molar-refractivity contribution < 1.29 is 15.0 Å². The van der Waals surface area contributed by atoms with Gasteiger partial charge in [0.1, 0.15) is 5.75 Å². The first kappa shape index (κ1) is 14.2. The lowest BCUT2D eigenvalue weighted by Gasteiger charge is -2.31. The van der Waals surface area contributed by atoms with Crippen LogP contribution in [0.1, 0.15) is 24.8 Å². The number of carboxylic acids is 1. The molecule has 0 unspecified atom stereocenters. The molecule has 1 aliphatic heterocycles. The first-order valence-electron chi connectivity index (χ1n) is 6.46. The summed E-state index contributed by atoms with van der Waals surface area (Å²) in [5, 5.41) is 18.5. The van der Waals surface area contributed by atoms with Crippen molar-refractivity contribution in [3.8, 4) is 5.75 Å². The number of carbonyl (C=O) groups is 1. The maximum atomic E-state index is 10.7. The molecule has 0 atom stereocenters. The minimum Gasteiger partial charge on any atom is -0.506 e. The van der Waals surface area contributed by atoms with Crippen LogP contribution >= 0.6 is 11.6 Å². The summed E-state index contributed by atoms with van der Waals surface area (Å²) in [5.74, 6) is -0.300. The molecule has 1 saturated heterocycles. The quantitative estimate of drug-likeness (QED) is 0.892. The monoisotopic (exact) mass is 283 g/mol. The highest BCUT2D eigenvalue weighted by molar-refractivity contribution is 6.32. The number of aromatic hydroxyl groups is 1. The number of phenolic OH excluding ortho intramolecular Hbond substituents is 1. The lowest BCUT2D eigenvalue weighted by Crippen LogP contribution is -2.33. The Bertz CT molecular complexity index is 456. The van der Waals surface area contributed by atoms with E-state index >= 15 is 0 Å². The lowest BCUT2D eigenvalue weighted by atomic mass is 9.93. The number of hydrogen-bond acceptors (Lipinski definition) is 3. The van der Waals surface area contributed by atoms with Gasteiger partial charge in [-0.05, 0) is 49.5 Å². The number of halogens is 1. The van der Waals surface area contributed by atoms with E-state index in [4.69, 9.17) is 16.7 Å². The Kier molecular flexibility index (Phi) is 4.66. The normalized spacial score (nSPS) is 17.5. The van der Waals surface area contributed by atoms with Crippen LogP contribution in [0.4, 0.5) is 0 Å². The van der Waals surface area contributed by atoms with E-state index in [1.54, 1.807) is 12.1 Å². The second-order valence-electron chi connectivity index (χ2n) is 5.10. The molecule has 0 radical (unpaired) electrons. The van der Waals surface area contributed by atoms with Gasteiger partial charge in [0.05, 0.1) is 5.02 Å². The number of piperidine rings is 1. The van der Waals surface area contributed by atoms with Crippen molar-refractivity contribution in [3.05, 3.63) is 28.8 Å². The molecule has 0 aromatic heterocycles. The van der Waals surface area contributed by atoms with Gasteiger partial charge in [0.15, 0.2) is 0 Å². The van der Waals surface area contributed by atoms with Crippen molar-refractivity contribution in [3.63, 3.8) is 0 Å². The fourth-order valence-electron chi connectivity index (χ4n) is 2.50. The van der Waals surface area contributed by atoms with Gasteiger partial charge in [-0.25, -0.2) is 0 Å². The smallest absolute Gasteiger partial charge is 0.303 e. The number of phenols is 1. The minimum absolute atomic E-state index is 0.102. The van der Waals surface area contributed by atoms with Crippen LogP contribution in [-0.4, -0.2) is 34.2 Å². The summed E-state index contributed by atoms with van der Waals surface area (Å²) < 4.78 is 0. The van der Waals surface area contributed by atoms with Gasteiger partial charge in [-0.15, -0.1) is 0 Å². The molecule has 0 spiro atoms.